The summed E-state index contributed by atoms with van der Waals surface area (Å²) in [6, 6.07) is 11.6. The SMILES string of the molecule is Cc1cc(C)cc(NC(=O)Cn2nc(-c3ccc(F)cc3)c3sc(N4CCOCC4)nc3c2=O)c1. The number of amides is 1. The molecule has 0 spiro atoms. The predicted molar refractivity (Wildman–Crippen MR) is 135 cm³/mol. The van der Waals surface area contributed by atoms with Crippen LogP contribution in [0.4, 0.5) is 15.2 Å². The standard InChI is InChI=1S/C25H24FN5O3S/c1-15-11-16(2)13-19(12-15)27-20(32)14-31-24(33)22-23(21(29-31)17-3-5-18(26)6-4-17)35-25(28-22)30-7-9-34-10-8-30/h3-6,11-13H,7-10,14H2,1-2H3,(H,27,32). The second-order valence-electron chi connectivity index (χ2n) is 8.52. The first-order valence-corrected chi connectivity index (χ1v) is 12.1. The number of carbonyl (C=O) groups is 1. The first-order valence-electron chi connectivity index (χ1n) is 11.3. The quantitative estimate of drug-likeness (QED) is 0.456. The molecule has 0 radical (unpaired) electrons. The van der Waals surface area contributed by atoms with Gasteiger partial charge < -0.3 is 15.0 Å². The second kappa shape index (κ2) is 9.55. The Morgan fingerprint density at radius 2 is 1.80 bits per heavy atom. The number of anilines is 2. The van der Waals surface area contributed by atoms with Crippen LogP contribution >= 0.6 is 11.3 Å². The van der Waals surface area contributed by atoms with E-state index < -0.39 is 5.56 Å². The number of benzene rings is 2. The molecule has 1 fully saturated rings. The number of aromatic nitrogens is 3. The van der Waals surface area contributed by atoms with Crippen molar-refractivity contribution in [2.24, 2.45) is 0 Å². The minimum atomic E-state index is -0.447. The zero-order chi connectivity index (χ0) is 24.5. The van der Waals surface area contributed by atoms with Crippen molar-refractivity contribution in [2.75, 3.05) is 36.5 Å². The molecular formula is C25H24FN5O3S. The number of ether oxygens (including phenoxy) is 1. The number of thiazole rings is 1. The largest absolute Gasteiger partial charge is 0.378 e. The van der Waals surface area contributed by atoms with Crippen LogP contribution in [0.1, 0.15) is 11.1 Å². The van der Waals surface area contributed by atoms with Crippen LogP contribution in [0.3, 0.4) is 0 Å². The molecule has 1 saturated heterocycles. The van der Waals surface area contributed by atoms with E-state index in [4.69, 9.17) is 4.74 Å². The van der Waals surface area contributed by atoms with Crippen LogP contribution in [0, 0.1) is 19.7 Å². The number of hydrogen-bond acceptors (Lipinski definition) is 7. The Labute approximate surface area is 205 Å². The van der Waals surface area contributed by atoms with Crippen LogP contribution in [0.5, 0.6) is 0 Å². The molecule has 2 aromatic heterocycles. The summed E-state index contributed by atoms with van der Waals surface area (Å²) in [4.78, 5) is 32.9. The Balaban J connectivity index is 1.55. The summed E-state index contributed by atoms with van der Waals surface area (Å²) < 4.78 is 20.7. The molecule has 10 heteroatoms. The monoisotopic (exact) mass is 493 g/mol. The maximum absolute atomic E-state index is 13.6. The van der Waals surface area contributed by atoms with Crippen LogP contribution in [0.15, 0.2) is 47.3 Å². The van der Waals surface area contributed by atoms with Gasteiger partial charge in [0.2, 0.25) is 5.91 Å². The van der Waals surface area contributed by atoms with Gasteiger partial charge in [-0.2, -0.15) is 5.10 Å². The van der Waals surface area contributed by atoms with E-state index in [1.807, 2.05) is 32.0 Å². The second-order valence-corrected chi connectivity index (χ2v) is 9.49. The summed E-state index contributed by atoms with van der Waals surface area (Å²) in [5.74, 6) is -0.748. The average molecular weight is 494 g/mol. The van der Waals surface area contributed by atoms with Crippen LogP contribution in [0.25, 0.3) is 21.5 Å². The third-order valence-corrected chi connectivity index (χ3v) is 6.81. The number of aryl methyl sites for hydroxylation is 2. The van der Waals surface area contributed by atoms with Crippen LogP contribution < -0.4 is 15.8 Å². The molecule has 1 aliphatic heterocycles. The number of halogens is 1. The molecule has 0 unspecified atom stereocenters. The van der Waals surface area contributed by atoms with Crippen molar-refractivity contribution in [3.63, 3.8) is 0 Å². The molecule has 0 aliphatic carbocycles. The smallest absolute Gasteiger partial charge is 0.294 e. The number of carbonyl (C=O) groups excluding carboxylic acids is 1. The zero-order valence-corrected chi connectivity index (χ0v) is 20.2. The van der Waals surface area contributed by atoms with Gasteiger partial charge in [0, 0.05) is 24.3 Å². The molecule has 35 heavy (non-hydrogen) atoms. The minimum absolute atomic E-state index is 0.241. The lowest BCUT2D eigenvalue weighted by atomic mass is 10.1. The Bertz CT molecular complexity index is 1440. The van der Waals surface area contributed by atoms with Gasteiger partial charge in [0.1, 0.15) is 18.1 Å². The average Bonchev–Trinajstić information content (AvgIpc) is 3.27. The predicted octanol–water partition coefficient (Wildman–Crippen LogP) is 3.75. The maximum atomic E-state index is 13.6. The van der Waals surface area contributed by atoms with Crippen LogP contribution in [-0.4, -0.2) is 47.0 Å². The number of morpholine rings is 1. The van der Waals surface area contributed by atoms with E-state index in [9.17, 15) is 14.0 Å². The molecule has 5 rings (SSSR count). The summed E-state index contributed by atoms with van der Waals surface area (Å²) in [5, 5.41) is 8.06. The third-order valence-electron chi connectivity index (χ3n) is 5.69. The van der Waals surface area contributed by atoms with E-state index >= 15 is 0 Å². The van der Waals surface area contributed by atoms with Crippen molar-refractivity contribution in [3.05, 3.63) is 69.8 Å². The number of nitrogens with zero attached hydrogens (tertiary/aromatic N) is 4. The van der Waals surface area contributed by atoms with Gasteiger partial charge in [-0.25, -0.2) is 14.1 Å². The molecule has 3 heterocycles. The van der Waals surface area contributed by atoms with Crippen molar-refractivity contribution in [2.45, 2.75) is 20.4 Å². The lowest BCUT2D eigenvalue weighted by Gasteiger charge is -2.25. The van der Waals surface area contributed by atoms with Gasteiger partial charge in [0.05, 0.1) is 17.9 Å². The Morgan fingerprint density at radius 1 is 1.11 bits per heavy atom. The van der Waals surface area contributed by atoms with Gasteiger partial charge >= 0.3 is 0 Å². The van der Waals surface area contributed by atoms with Crippen LogP contribution in [-0.2, 0) is 16.1 Å². The minimum Gasteiger partial charge on any atom is -0.378 e. The van der Waals surface area contributed by atoms with Crippen molar-refractivity contribution in [1.82, 2.24) is 14.8 Å². The third kappa shape index (κ3) is 4.94. The molecule has 0 atom stereocenters. The highest BCUT2D eigenvalue weighted by atomic mass is 32.1. The van der Waals surface area contributed by atoms with Crippen LogP contribution in [0.2, 0.25) is 0 Å². The number of rotatable bonds is 5. The molecule has 1 N–H and O–H groups in total. The fraction of sp³-hybridized carbons (Fsp3) is 0.280. The molecule has 0 saturated carbocycles. The summed E-state index contributed by atoms with van der Waals surface area (Å²) in [5.41, 5.74) is 3.61. The summed E-state index contributed by atoms with van der Waals surface area (Å²) in [7, 11) is 0. The summed E-state index contributed by atoms with van der Waals surface area (Å²) >= 11 is 1.37. The highest BCUT2D eigenvalue weighted by Gasteiger charge is 2.22. The summed E-state index contributed by atoms with van der Waals surface area (Å²) in [6.45, 7) is 6.14. The summed E-state index contributed by atoms with van der Waals surface area (Å²) in [6.07, 6.45) is 0. The lowest BCUT2D eigenvalue weighted by molar-refractivity contribution is -0.117. The Morgan fingerprint density at radius 3 is 2.49 bits per heavy atom. The van der Waals surface area contributed by atoms with Crippen molar-refractivity contribution in [3.8, 4) is 11.3 Å². The number of fused-ring (bicyclic) bond motifs is 1. The van der Waals surface area contributed by atoms with Gasteiger partial charge in [0.15, 0.2) is 10.6 Å². The molecule has 8 nitrogen and oxygen atoms in total. The van der Waals surface area contributed by atoms with Gasteiger partial charge in [-0.3, -0.25) is 9.59 Å². The molecule has 1 aliphatic rings. The van der Waals surface area contributed by atoms with Gasteiger partial charge in [0.25, 0.3) is 5.56 Å². The van der Waals surface area contributed by atoms with Gasteiger partial charge in [-0.15, -0.1) is 0 Å². The normalized spacial score (nSPS) is 13.9. The molecule has 4 aromatic rings. The highest BCUT2D eigenvalue weighted by Crippen LogP contribution is 2.34. The van der Waals surface area contributed by atoms with Crippen molar-refractivity contribution in [1.29, 1.82) is 0 Å². The molecule has 1 amide bonds. The fourth-order valence-electron chi connectivity index (χ4n) is 4.13. The Hall–Kier alpha value is -3.63. The first kappa shape index (κ1) is 23.1. The zero-order valence-electron chi connectivity index (χ0n) is 19.4. The maximum Gasteiger partial charge on any atom is 0.294 e. The number of nitrogens with one attached hydrogen (secondary N) is 1. The van der Waals surface area contributed by atoms with Crippen molar-refractivity contribution < 1.29 is 13.9 Å². The van der Waals surface area contributed by atoms with E-state index in [0.717, 1.165) is 15.8 Å². The lowest BCUT2D eigenvalue weighted by Crippen LogP contribution is -2.36. The van der Waals surface area contributed by atoms with E-state index in [1.165, 1.54) is 23.5 Å². The molecular weight excluding hydrogens is 469 g/mol. The van der Waals surface area contributed by atoms with E-state index in [0.29, 0.717) is 53.1 Å². The first-order chi connectivity index (χ1) is 16.9. The Kier molecular flexibility index (Phi) is 6.31. The number of hydrogen-bond donors (Lipinski definition) is 1. The highest BCUT2D eigenvalue weighted by molar-refractivity contribution is 7.22. The fourth-order valence-corrected chi connectivity index (χ4v) is 5.24. The van der Waals surface area contributed by atoms with Gasteiger partial charge in [-0.05, 0) is 61.4 Å². The molecule has 2 aromatic carbocycles. The van der Waals surface area contributed by atoms with E-state index in [2.05, 4.69) is 20.3 Å². The van der Waals surface area contributed by atoms with E-state index in [-0.39, 0.29) is 23.8 Å². The molecule has 0 bridgehead atoms. The van der Waals surface area contributed by atoms with Gasteiger partial charge in [-0.1, -0.05) is 17.4 Å². The van der Waals surface area contributed by atoms with E-state index in [1.54, 1.807) is 12.1 Å². The molecule has 180 valence electrons. The van der Waals surface area contributed by atoms with Crippen molar-refractivity contribution >= 4 is 38.3 Å². The topological polar surface area (TPSA) is 89.3 Å².